The Kier molecular flexibility index (Phi) is 5.23. The maximum absolute atomic E-state index is 12.7. The van der Waals surface area contributed by atoms with Crippen LogP contribution < -0.4 is 15.6 Å². The quantitative estimate of drug-likeness (QED) is 0.634. The van der Waals surface area contributed by atoms with Gasteiger partial charge in [0.2, 0.25) is 0 Å². The maximum Gasteiger partial charge on any atom is 0.261 e. The van der Waals surface area contributed by atoms with Crippen molar-refractivity contribution in [2.75, 3.05) is 5.32 Å². The fourth-order valence-corrected chi connectivity index (χ4v) is 3.82. The number of hydrogen-bond acceptors (Lipinski definition) is 4. The van der Waals surface area contributed by atoms with Crippen LogP contribution in [-0.2, 0) is 6.42 Å². The summed E-state index contributed by atoms with van der Waals surface area (Å²) in [4.78, 5) is 40.4. The predicted octanol–water partition coefficient (Wildman–Crippen LogP) is 4.88. The Morgan fingerprint density at radius 1 is 1.00 bits per heavy atom. The van der Waals surface area contributed by atoms with E-state index in [9.17, 15) is 14.4 Å². The lowest BCUT2D eigenvalue weighted by molar-refractivity contribution is 0.0910. The van der Waals surface area contributed by atoms with Crippen LogP contribution in [0.3, 0.4) is 0 Å². The Labute approximate surface area is 180 Å². The molecule has 1 aromatic heterocycles. The second-order valence-electron chi connectivity index (χ2n) is 8.74. The zero-order valence-electron chi connectivity index (χ0n) is 17.7. The van der Waals surface area contributed by atoms with Gasteiger partial charge in [0.25, 0.3) is 11.5 Å². The summed E-state index contributed by atoms with van der Waals surface area (Å²) in [5.41, 5.74) is 1.85. The van der Waals surface area contributed by atoms with E-state index in [0.29, 0.717) is 35.5 Å². The molecule has 6 heteroatoms. The molecule has 0 saturated carbocycles. The molecular formula is C25H24N2O4. The van der Waals surface area contributed by atoms with Crippen LogP contribution in [0, 0.1) is 12.3 Å². The molecule has 1 aliphatic carbocycles. The highest BCUT2D eigenvalue weighted by molar-refractivity contribution is 6.06. The van der Waals surface area contributed by atoms with Gasteiger partial charge in [0.1, 0.15) is 17.1 Å². The number of hydrogen-bond donors (Lipinski definition) is 2. The van der Waals surface area contributed by atoms with Gasteiger partial charge in [-0.05, 0) is 66.8 Å². The van der Waals surface area contributed by atoms with Crippen molar-refractivity contribution in [1.29, 1.82) is 0 Å². The first-order valence-corrected chi connectivity index (χ1v) is 10.2. The van der Waals surface area contributed by atoms with Crippen molar-refractivity contribution in [2.24, 2.45) is 5.41 Å². The van der Waals surface area contributed by atoms with E-state index < -0.39 is 11.5 Å². The number of ether oxygens (including phenoxy) is 1. The van der Waals surface area contributed by atoms with E-state index in [-0.39, 0.29) is 16.8 Å². The average molecular weight is 416 g/mol. The Bertz CT molecular complexity index is 1220. The average Bonchev–Trinajstić information content (AvgIpc) is 2.68. The Hall–Kier alpha value is -3.67. The number of aromatic amines is 1. The number of carbonyl (C=O) groups excluding carboxylic acids is 2. The lowest BCUT2D eigenvalue weighted by atomic mass is 9.75. The minimum absolute atomic E-state index is 0.0609. The topological polar surface area (TPSA) is 88.3 Å². The maximum atomic E-state index is 12.7. The number of pyridine rings is 1. The van der Waals surface area contributed by atoms with Crippen molar-refractivity contribution in [3.8, 4) is 11.5 Å². The number of rotatable bonds is 4. The molecule has 1 amide bonds. The summed E-state index contributed by atoms with van der Waals surface area (Å²) >= 11 is 0. The first-order valence-electron chi connectivity index (χ1n) is 10.2. The summed E-state index contributed by atoms with van der Waals surface area (Å²) in [6.45, 7) is 5.96. The first kappa shape index (κ1) is 20.6. The number of Topliss-reactive ketones (excluding diaryl/α,β-unsaturated/α-hetero) is 1. The van der Waals surface area contributed by atoms with E-state index >= 15 is 0 Å². The number of H-pyrrole nitrogens is 1. The lowest BCUT2D eigenvalue weighted by Crippen LogP contribution is -2.32. The van der Waals surface area contributed by atoms with Crippen LogP contribution in [0.5, 0.6) is 11.5 Å². The Morgan fingerprint density at radius 2 is 1.74 bits per heavy atom. The van der Waals surface area contributed by atoms with Crippen molar-refractivity contribution in [2.45, 2.75) is 33.6 Å². The molecule has 1 heterocycles. The normalized spacial score (nSPS) is 14.6. The van der Waals surface area contributed by atoms with Gasteiger partial charge in [-0.25, -0.2) is 0 Å². The molecule has 31 heavy (non-hydrogen) atoms. The molecule has 0 saturated heterocycles. The number of amides is 1. The van der Waals surface area contributed by atoms with Crippen molar-refractivity contribution in [3.63, 3.8) is 0 Å². The summed E-state index contributed by atoms with van der Waals surface area (Å²) in [7, 11) is 0. The number of fused-ring (bicyclic) bond motifs is 1. The molecule has 0 atom stereocenters. The molecule has 2 N–H and O–H groups in total. The van der Waals surface area contributed by atoms with Crippen LogP contribution >= 0.6 is 0 Å². The Balaban J connectivity index is 1.50. The molecule has 0 radical (unpaired) electrons. The van der Waals surface area contributed by atoms with Crippen molar-refractivity contribution in [1.82, 2.24) is 4.98 Å². The number of nitrogens with one attached hydrogen (secondary N) is 2. The van der Waals surface area contributed by atoms with E-state index in [1.54, 1.807) is 24.3 Å². The molecule has 4 rings (SSSR count). The van der Waals surface area contributed by atoms with Crippen LogP contribution in [0.4, 0.5) is 5.69 Å². The molecule has 0 spiro atoms. The largest absolute Gasteiger partial charge is 0.457 e. The summed E-state index contributed by atoms with van der Waals surface area (Å²) in [6.07, 6.45) is 0.975. The highest BCUT2D eigenvalue weighted by Gasteiger charge is 2.32. The number of anilines is 1. The molecule has 1 aliphatic rings. The highest BCUT2D eigenvalue weighted by atomic mass is 16.5. The van der Waals surface area contributed by atoms with E-state index in [4.69, 9.17) is 4.74 Å². The molecular weight excluding hydrogens is 392 g/mol. The zero-order chi connectivity index (χ0) is 22.2. The van der Waals surface area contributed by atoms with Gasteiger partial charge in [0.15, 0.2) is 5.78 Å². The number of carbonyl (C=O) groups is 2. The number of benzene rings is 2. The fraction of sp³-hybridized carbons (Fsp3) is 0.240. The van der Waals surface area contributed by atoms with Crippen LogP contribution in [0.2, 0.25) is 0 Å². The number of ketones is 1. The second-order valence-corrected chi connectivity index (χ2v) is 8.74. The third kappa shape index (κ3) is 4.58. The van der Waals surface area contributed by atoms with E-state index in [1.807, 2.05) is 45.0 Å². The van der Waals surface area contributed by atoms with E-state index in [1.165, 1.54) is 6.07 Å². The summed E-state index contributed by atoms with van der Waals surface area (Å²) in [5, 5.41) is 2.71. The highest BCUT2D eigenvalue weighted by Crippen LogP contribution is 2.33. The molecule has 0 unspecified atom stereocenters. The van der Waals surface area contributed by atoms with Gasteiger partial charge in [-0.2, -0.15) is 0 Å². The van der Waals surface area contributed by atoms with E-state index in [2.05, 4.69) is 10.3 Å². The van der Waals surface area contributed by atoms with Gasteiger partial charge in [-0.1, -0.05) is 26.0 Å². The SMILES string of the molecule is Cc1cccc(Oc2ccc(NC(=O)c3cc4c([nH]c3=O)CC(C)(C)CC4=O)cc2)c1. The number of aromatic nitrogens is 1. The minimum Gasteiger partial charge on any atom is -0.457 e. The van der Waals surface area contributed by atoms with Crippen molar-refractivity contribution < 1.29 is 14.3 Å². The van der Waals surface area contributed by atoms with Gasteiger partial charge in [-0.15, -0.1) is 0 Å². The minimum atomic E-state index is -0.561. The van der Waals surface area contributed by atoms with Gasteiger partial charge in [0, 0.05) is 23.4 Å². The van der Waals surface area contributed by atoms with Crippen LogP contribution in [0.25, 0.3) is 0 Å². The van der Waals surface area contributed by atoms with Gasteiger partial charge in [0.05, 0.1) is 0 Å². The molecule has 0 bridgehead atoms. The van der Waals surface area contributed by atoms with Gasteiger partial charge < -0.3 is 15.0 Å². The summed E-state index contributed by atoms with van der Waals surface area (Å²) in [6, 6.07) is 16.0. The summed E-state index contributed by atoms with van der Waals surface area (Å²) < 4.78 is 5.81. The monoisotopic (exact) mass is 416 g/mol. The standard InChI is InChI=1S/C25H24N2O4/c1-15-5-4-6-18(11-15)31-17-9-7-16(8-10-17)26-23(29)20-12-19-21(27-24(20)30)13-25(2,3)14-22(19)28/h4-12H,13-14H2,1-3H3,(H,26,29)(H,27,30). The van der Waals surface area contributed by atoms with Gasteiger partial charge in [-0.3, -0.25) is 14.4 Å². The molecule has 0 aliphatic heterocycles. The molecule has 0 fully saturated rings. The fourth-order valence-electron chi connectivity index (χ4n) is 3.82. The zero-order valence-corrected chi connectivity index (χ0v) is 17.7. The van der Waals surface area contributed by atoms with Crippen molar-refractivity contribution >= 4 is 17.4 Å². The van der Waals surface area contributed by atoms with Crippen LogP contribution in [-0.4, -0.2) is 16.7 Å². The van der Waals surface area contributed by atoms with Gasteiger partial charge >= 0.3 is 0 Å². The number of aryl methyl sites for hydroxylation is 1. The smallest absolute Gasteiger partial charge is 0.261 e. The summed E-state index contributed by atoms with van der Waals surface area (Å²) in [5.74, 6) is 0.733. The van der Waals surface area contributed by atoms with Crippen LogP contribution in [0.1, 0.15) is 52.2 Å². The molecule has 3 aromatic rings. The Morgan fingerprint density at radius 3 is 2.45 bits per heavy atom. The van der Waals surface area contributed by atoms with Crippen LogP contribution in [0.15, 0.2) is 59.4 Å². The predicted molar refractivity (Wildman–Crippen MR) is 119 cm³/mol. The third-order valence-electron chi connectivity index (χ3n) is 5.30. The van der Waals surface area contributed by atoms with Crippen molar-refractivity contribution in [3.05, 3.63) is 87.3 Å². The molecule has 6 nitrogen and oxygen atoms in total. The first-order chi connectivity index (χ1) is 14.7. The lowest BCUT2D eigenvalue weighted by Gasteiger charge is -2.29. The third-order valence-corrected chi connectivity index (χ3v) is 5.30. The second kappa shape index (κ2) is 7.87. The molecule has 158 valence electrons. The molecule has 2 aromatic carbocycles. The van der Waals surface area contributed by atoms with E-state index in [0.717, 1.165) is 11.3 Å².